The molecule has 9 heteroatoms. The average molecular weight is 518 g/mol. The molecule has 3 fully saturated rings. The third-order valence-corrected chi connectivity index (χ3v) is 8.66. The number of benzene rings is 1. The highest BCUT2D eigenvalue weighted by Gasteiger charge is 2.43. The summed E-state index contributed by atoms with van der Waals surface area (Å²) in [5, 5.41) is 12.3. The molecule has 1 spiro atoms. The monoisotopic (exact) mass is 517 g/mol. The summed E-state index contributed by atoms with van der Waals surface area (Å²) >= 11 is 0. The topological polar surface area (TPSA) is 87.5 Å². The molecule has 2 N–H and O–H groups in total. The van der Waals surface area contributed by atoms with Crippen LogP contribution in [0.25, 0.3) is 10.9 Å². The SMILES string of the molecule is COc1cc2nn(C3CCN(CCN4CC5(CCNCC5)C4)CC3)cc2cc1NC(=O)c1cccc(C)n1. The van der Waals surface area contributed by atoms with E-state index in [-0.39, 0.29) is 5.91 Å². The van der Waals surface area contributed by atoms with E-state index in [4.69, 9.17) is 9.84 Å². The molecule has 1 amide bonds. The van der Waals surface area contributed by atoms with Crippen LogP contribution in [0.3, 0.4) is 0 Å². The molecule has 0 aliphatic carbocycles. The van der Waals surface area contributed by atoms with Crippen LogP contribution >= 0.6 is 0 Å². The van der Waals surface area contributed by atoms with E-state index in [1.54, 1.807) is 13.2 Å². The van der Waals surface area contributed by atoms with Crippen LogP contribution in [-0.4, -0.2) is 89.9 Å². The standard InChI is InChI=1S/C29H39N7O2/c1-21-4-3-5-24(31-21)28(37)32-26-16-22-18-36(33-25(22)17-27(26)38-2)23-6-12-34(13-7-23)14-15-35-19-29(20-35)8-10-30-11-9-29/h3-5,16-18,23,30H,6-15,19-20H2,1-2H3,(H,32,37). The first kappa shape index (κ1) is 25.3. The lowest BCUT2D eigenvalue weighted by Crippen LogP contribution is -2.60. The van der Waals surface area contributed by atoms with Crippen LogP contribution in [0.15, 0.2) is 36.5 Å². The van der Waals surface area contributed by atoms with Gasteiger partial charge < -0.3 is 25.2 Å². The first-order chi connectivity index (χ1) is 18.5. The fourth-order valence-corrected chi connectivity index (χ4v) is 6.41. The van der Waals surface area contributed by atoms with Crippen molar-refractivity contribution in [1.29, 1.82) is 0 Å². The number of pyridine rings is 1. The fourth-order valence-electron chi connectivity index (χ4n) is 6.41. The summed E-state index contributed by atoms with van der Waals surface area (Å²) in [5.41, 5.74) is 3.30. The van der Waals surface area contributed by atoms with E-state index in [0.717, 1.165) is 49.1 Å². The average Bonchev–Trinajstić information content (AvgIpc) is 3.34. The summed E-state index contributed by atoms with van der Waals surface area (Å²) in [7, 11) is 1.61. The Morgan fingerprint density at radius 2 is 1.89 bits per heavy atom. The molecule has 1 aromatic carbocycles. The van der Waals surface area contributed by atoms with Gasteiger partial charge in [0.25, 0.3) is 5.91 Å². The Hall–Kier alpha value is -3.01. The number of likely N-dealkylation sites (tertiary alicyclic amines) is 2. The number of hydrogen-bond acceptors (Lipinski definition) is 7. The zero-order valence-corrected chi connectivity index (χ0v) is 22.6. The summed E-state index contributed by atoms with van der Waals surface area (Å²) in [5.74, 6) is 0.339. The summed E-state index contributed by atoms with van der Waals surface area (Å²) in [6.07, 6.45) is 6.99. The van der Waals surface area contributed by atoms with Gasteiger partial charge in [0, 0.05) is 62.6 Å². The van der Waals surface area contributed by atoms with Gasteiger partial charge in [-0.1, -0.05) is 6.07 Å². The van der Waals surface area contributed by atoms with Gasteiger partial charge in [0.15, 0.2) is 0 Å². The van der Waals surface area contributed by atoms with E-state index in [1.165, 1.54) is 45.6 Å². The van der Waals surface area contributed by atoms with Gasteiger partial charge >= 0.3 is 0 Å². The third kappa shape index (κ3) is 5.28. The van der Waals surface area contributed by atoms with Gasteiger partial charge in [0.05, 0.1) is 24.4 Å². The highest BCUT2D eigenvalue weighted by molar-refractivity contribution is 6.05. The van der Waals surface area contributed by atoms with Crippen LogP contribution in [0, 0.1) is 12.3 Å². The lowest BCUT2D eigenvalue weighted by molar-refractivity contribution is -0.0281. The Morgan fingerprint density at radius 3 is 2.63 bits per heavy atom. The quantitative estimate of drug-likeness (QED) is 0.497. The number of aromatic nitrogens is 3. The highest BCUT2D eigenvalue weighted by Crippen LogP contribution is 2.38. The van der Waals surface area contributed by atoms with Crippen LogP contribution in [-0.2, 0) is 0 Å². The minimum absolute atomic E-state index is 0.254. The number of piperidine rings is 2. The molecule has 0 saturated carbocycles. The minimum Gasteiger partial charge on any atom is -0.494 e. The highest BCUT2D eigenvalue weighted by atomic mass is 16.5. The Balaban J connectivity index is 1.05. The van der Waals surface area contributed by atoms with Crippen molar-refractivity contribution in [2.45, 2.75) is 38.6 Å². The molecule has 0 unspecified atom stereocenters. The second-order valence-corrected chi connectivity index (χ2v) is 11.4. The number of nitrogens with zero attached hydrogens (tertiary/aromatic N) is 5. The zero-order valence-electron chi connectivity index (χ0n) is 22.6. The number of rotatable bonds is 7. The number of fused-ring (bicyclic) bond motifs is 1. The first-order valence-electron chi connectivity index (χ1n) is 14.0. The predicted octanol–water partition coefficient (Wildman–Crippen LogP) is 3.32. The van der Waals surface area contributed by atoms with Gasteiger partial charge in [-0.25, -0.2) is 4.98 Å². The van der Waals surface area contributed by atoms with Gasteiger partial charge in [-0.05, 0) is 69.3 Å². The number of hydrogen-bond donors (Lipinski definition) is 2. The van der Waals surface area contributed by atoms with Gasteiger partial charge in [-0.15, -0.1) is 0 Å². The van der Waals surface area contributed by atoms with Gasteiger partial charge in [-0.2, -0.15) is 5.10 Å². The fraction of sp³-hybridized carbons (Fsp3) is 0.552. The van der Waals surface area contributed by atoms with Crippen LogP contribution in [0.5, 0.6) is 5.75 Å². The predicted molar refractivity (Wildman–Crippen MR) is 149 cm³/mol. The molecule has 38 heavy (non-hydrogen) atoms. The molecule has 5 heterocycles. The molecule has 6 rings (SSSR count). The maximum Gasteiger partial charge on any atom is 0.274 e. The molecule has 0 atom stereocenters. The van der Waals surface area contributed by atoms with Crippen LogP contribution in [0.1, 0.15) is 47.9 Å². The lowest BCUT2D eigenvalue weighted by atomic mass is 9.72. The maximum atomic E-state index is 12.8. The number of aryl methyl sites for hydroxylation is 1. The molecular weight excluding hydrogens is 478 g/mol. The second kappa shape index (κ2) is 10.6. The van der Waals surface area contributed by atoms with E-state index >= 15 is 0 Å². The van der Waals surface area contributed by atoms with E-state index < -0.39 is 0 Å². The molecular formula is C29H39N7O2. The summed E-state index contributed by atoms with van der Waals surface area (Å²) in [6, 6.07) is 9.67. The summed E-state index contributed by atoms with van der Waals surface area (Å²) < 4.78 is 7.70. The molecule has 9 nitrogen and oxygen atoms in total. The Kier molecular flexibility index (Phi) is 7.07. The van der Waals surface area contributed by atoms with Crippen LogP contribution in [0.4, 0.5) is 5.69 Å². The number of ether oxygens (including phenoxy) is 1. The number of methoxy groups -OCH3 is 1. The van der Waals surface area contributed by atoms with E-state index in [1.807, 2.05) is 31.2 Å². The second-order valence-electron chi connectivity index (χ2n) is 11.4. The third-order valence-electron chi connectivity index (χ3n) is 8.66. The van der Waals surface area contributed by atoms with E-state index in [9.17, 15) is 4.79 Å². The van der Waals surface area contributed by atoms with Crippen molar-refractivity contribution in [3.63, 3.8) is 0 Å². The molecule has 202 valence electrons. The molecule has 0 radical (unpaired) electrons. The van der Waals surface area contributed by atoms with Crippen molar-refractivity contribution < 1.29 is 9.53 Å². The van der Waals surface area contributed by atoms with Crippen molar-refractivity contribution >= 4 is 22.5 Å². The van der Waals surface area contributed by atoms with Gasteiger partial charge in [-0.3, -0.25) is 9.48 Å². The molecule has 0 bridgehead atoms. The smallest absolute Gasteiger partial charge is 0.274 e. The molecule has 3 saturated heterocycles. The molecule has 2 aromatic heterocycles. The van der Waals surface area contributed by atoms with Crippen molar-refractivity contribution in [2.24, 2.45) is 5.41 Å². The van der Waals surface area contributed by atoms with Crippen molar-refractivity contribution in [2.75, 3.05) is 64.8 Å². The largest absolute Gasteiger partial charge is 0.494 e. The number of nitrogens with one attached hydrogen (secondary N) is 2. The van der Waals surface area contributed by atoms with E-state index in [2.05, 4.69) is 36.3 Å². The van der Waals surface area contributed by atoms with Crippen molar-refractivity contribution in [1.82, 2.24) is 29.9 Å². The van der Waals surface area contributed by atoms with Gasteiger partial charge in [0.1, 0.15) is 11.4 Å². The number of carbonyl (C=O) groups is 1. The number of carbonyl (C=O) groups excluding carboxylic acids is 1. The normalized spacial score (nSPS) is 20.5. The van der Waals surface area contributed by atoms with Crippen LogP contribution < -0.4 is 15.4 Å². The lowest BCUT2D eigenvalue weighted by Gasteiger charge is -2.53. The van der Waals surface area contributed by atoms with Crippen LogP contribution in [0.2, 0.25) is 0 Å². The molecule has 3 aliphatic heterocycles. The molecule has 3 aromatic rings. The Bertz CT molecular complexity index is 1280. The Morgan fingerprint density at radius 1 is 1.13 bits per heavy atom. The zero-order chi connectivity index (χ0) is 26.1. The maximum absolute atomic E-state index is 12.8. The summed E-state index contributed by atoms with van der Waals surface area (Å²) in [6.45, 7) is 11.4. The van der Waals surface area contributed by atoms with Gasteiger partial charge in [0.2, 0.25) is 0 Å². The van der Waals surface area contributed by atoms with Crippen molar-refractivity contribution in [3.05, 3.63) is 47.9 Å². The molecule has 3 aliphatic rings. The number of amides is 1. The van der Waals surface area contributed by atoms with Crippen molar-refractivity contribution in [3.8, 4) is 5.75 Å². The van der Waals surface area contributed by atoms with E-state index in [0.29, 0.717) is 28.6 Å². The minimum atomic E-state index is -0.254. The first-order valence-corrected chi connectivity index (χ1v) is 14.0. The summed E-state index contributed by atoms with van der Waals surface area (Å²) in [4.78, 5) is 22.4. The Labute approximate surface area is 224 Å². The number of anilines is 1.